The van der Waals surface area contributed by atoms with Gasteiger partial charge in [0.1, 0.15) is 20.1 Å². The molecule has 0 spiro atoms. The summed E-state index contributed by atoms with van der Waals surface area (Å²) in [7, 11) is -1.82. The molecule has 88 valence electrons. The summed E-state index contributed by atoms with van der Waals surface area (Å²) in [6, 6.07) is 8.28. The van der Waals surface area contributed by atoms with Crippen molar-refractivity contribution < 1.29 is 17.3 Å². The van der Waals surface area contributed by atoms with Gasteiger partial charge < -0.3 is 0 Å². The summed E-state index contributed by atoms with van der Waals surface area (Å²) < 4.78 is 29.4. The van der Waals surface area contributed by atoms with Crippen molar-refractivity contribution in [1.29, 1.82) is 0 Å². The Morgan fingerprint density at radius 3 is 2.25 bits per heavy atom. The minimum atomic E-state index is -3.63. The van der Waals surface area contributed by atoms with Crippen molar-refractivity contribution >= 4 is 10.1 Å². The second kappa shape index (κ2) is 4.16. The van der Waals surface area contributed by atoms with E-state index in [0.29, 0.717) is 0 Å². The molecule has 0 bridgehead atoms. The van der Waals surface area contributed by atoms with Crippen LogP contribution >= 0.6 is 0 Å². The molecule has 5 heteroatoms. The van der Waals surface area contributed by atoms with E-state index in [1.54, 1.807) is 30.3 Å². The molecule has 0 unspecified atom stereocenters. The molecule has 1 fully saturated rings. The molecule has 1 aromatic carbocycles. The van der Waals surface area contributed by atoms with Crippen molar-refractivity contribution in [1.82, 2.24) is 0 Å². The van der Waals surface area contributed by atoms with Crippen LogP contribution in [0.1, 0.15) is 12.8 Å². The van der Waals surface area contributed by atoms with Crippen LogP contribution in [0.3, 0.4) is 0 Å². The predicted molar refractivity (Wildman–Crippen MR) is 59.9 cm³/mol. The number of hydrogen-bond donors (Lipinski definition) is 0. The van der Waals surface area contributed by atoms with E-state index >= 15 is 0 Å². The molecule has 0 aliphatic carbocycles. The quantitative estimate of drug-likeness (QED) is 0.755. The molecule has 0 N–H and O–H groups in total. The fourth-order valence-corrected chi connectivity index (χ4v) is 3.15. The molecule has 0 amide bonds. The van der Waals surface area contributed by atoms with E-state index < -0.39 is 10.1 Å². The molecule has 1 heterocycles. The first-order valence-electron chi connectivity index (χ1n) is 5.38. The SMILES string of the molecule is C[N+]1(OS(=O)(=O)c2ccccc2)CCCC1. The minimum Gasteiger partial charge on any atom is -0.189 e. The average Bonchev–Trinajstić information content (AvgIpc) is 2.65. The molecule has 1 aliphatic rings. The number of quaternary nitrogens is 1. The summed E-state index contributed by atoms with van der Waals surface area (Å²) in [6.07, 6.45) is 2.03. The monoisotopic (exact) mass is 242 g/mol. The van der Waals surface area contributed by atoms with Crippen LogP contribution in [0.2, 0.25) is 0 Å². The third-order valence-corrected chi connectivity index (χ3v) is 4.23. The fourth-order valence-electron chi connectivity index (χ4n) is 1.95. The molecular formula is C11H16NO3S+. The van der Waals surface area contributed by atoms with Crippen LogP contribution in [-0.4, -0.2) is 33.2 Å². The lowest BCUT2D eigenvalue weighted by Crippen LogP contribution is -2.42. The highest BCUT2D eigenvalue weighted by atomic mass is 32.2. The van der Waals surface area contributed by atoms with Gasteiger partial charge in [-0.3, -0.25) is 0 Å². The molecule has 1 saturated heterocycles. The lowest BCUT2D eigenvalue weighted by molar-refractivity contribution is -1.06. The van der Waals surface area contributed by atoms with E-state index in [0.717, 1.165) is 25.9 Å². The maximum atomic E-state index is 12.0. The summed E-state index contributed by atoms with van der Waals surface area (Å²) in [5.74, 6) is 0. The van der Waals surface area contributed by atoms with Crippen LogP contribution < -0.4 is 0 Å². The van der Waals surface area contributed by atoms with Gasteiger partial charge in [0, 0.05) is 12.8 Å². The average molecular weight is 242 g/mol. The number of likely N-dealkylation sites (tertiary alicyclic amines) is 1. The molecule has 0 atom stereocenters. The number of nitrogens with zero attached hydrogens (tertiary/aromatic N) is 1. The second-order valence-electron chi connectivity index (χ2n) is 4.29. The topological polar surface area (TPSA) is 43.4 Å². The van der Waals surface area contributed by atoms with Crippen LogP contribution in [0.5, 0.6) is 0 Å². The Hall–Kier alpha value is -0.910. The van der Waals surface area contributed by atoms with Crippen molar-refractivity contribution in [2.45, 2.75) is 17.7 Å². The number of benzene rings is 1. The lowest BCUT2D eigenvalue weighted by atomic mass is 10.4. The maximum Gasteiger partial charge on any atom is 0.342 e. The molecule has 0 radical (unpaired) electrons. The lowest BCUT2D eigenvalue weighted by Gasteiger charge is -2.24. The van der Waals surface area contributed by atoms with E-state index in [1.807, 2.05) is 7.05 Å². The molecule has 0 saturated carbocycles. The molecule has 1 aromatic rings. The Bertz CT molecular complexity index is 449. The zero-order valence-electron chi connectivity index (χ0n) is 9.30. The standard InChI is InChI=1S/C11H16NO3S/c1-12(9-5-6-10-12)15-16(13,14)11-7-3-2-4-8-11/h2-4,7-8H,5-6,9-10H2,1H3/q+1. The van der Waals surface area contributed by atoms with E-state index in [2.05, 4.69) is 0 Å². The Morgan fingerprint density at radius 2 is 1.69 bits per heavy atom. The van der Waals surface area contributed by atoms with Gasteiger partial charge in [0.15, 0.2) is 0 Å². The zero-order valence-corrected chi connectivity index (χ0v) is 10.1. The van der Waals surface area contributed by atoms with Crippen molar-refractivity contribution in [2.24, 2.45) is 0 Å². The number of rotatable bonds is 3. The van der Waals surface area contributed by atoms with Gasteiger partial charge in [-0.15, -0.1) is 0 Å². The van der Waals surface area contributed by atoms with Gasteiger partial charge in [0.2, 0.25) is 0 Å². The van der Waals surface area contributed by atoms with Gasteiger partial charge in [-0.25, -0.2) is 0 Å². The molecule has 16 heavy (non-hydrogen) atoms. The third-order valence-electron chi connectivity index (χ3n) is 2.82. The summed E-state index contributed by atoms with van der Waals surface area (Å²) in [5.41, 5.74) is 0. The molecule has 4 nitrogen and oxygen atoms in total. The maximum absolute atomic E-state index is 12.0. The highest BCUT2D eigenvalue weighted by Gasteiger charge is 2.35. The minimum absolute atomic E-state index is 0.164. The highest BCUT2D eigenvalue weighted by molar-refractivity contribution is 7.86. The highest BCUT2D eigenvalue weighted by Crippen LogP contribution is 2.22. The van der Waals surface area contributed by atoms with Gasteiger partial charge in [-0.1, -0.05) is 22.5 Å². The van der Waals surface area contributed by atoms with Crippen molar-refractivity contribution in [3.05, 3.63) is 30.3 Å². The first-order chi connectivity index (χ1) is 7.52. The van der Waals surface area contributed by atoms with Crippen LogP contribution in [0.4, 0.5) is 0 Å². The van der Waals surface area contributed by atoms with Gasteiger partial charge in [-0.05, 0) is 12.1 Å². The van der Waals surface area contributed by atoms with Crippen LogP contribution in [-0.2, 0) is 14.4 Å². The van der Waals surface area contributed by atoms with Gasteiger partial charge in [0.25, 0.3) is 0 Å². The van der Waals surface area contributed by atoms with Gasteiger partial charge in [0.05, 0.1) is 4.90 Å². The zero-order chi connectivity index (χ0) is 11.6. The van der Waals surface area contributed by atoms with E-state index in [4.69, 9.17) is 4.28 Å². The summed E-state index contributed by atoms with van der Waals surface area (Å²) in [4.78, 5) is 0.223. The Morgan fingerprint density at radius 1 is 1.12 bits per heavy atom. The fraction of sp³-hybridized carbons (Fsp3) is 0.455. The second-order valence-corrected chi connectivity index (χ2v) is 5.82. The predicted octanol–water partition coefficient (Wildman–Crippen LogP) is 1.55. The summed E-state index contributed by atoms with van der Waals surface area (Å²) in [6.45, 7) is 1.51. The van der Waals surface area contributed by atoms with Gasteiger partial charge in [-0.2, -0.15) is 13.1 Å². The Labute approximate surface area is 96.1 Å². The van der Waals surface area contributed by atoms with Crippen molar-refractivity contribution in [3.8, 4) is 0 Å². The van der Waals surface area contributed by atoms with Crippen molar-refractivity contribution in [2.75, 3.05) is 20.1 Å². The number of hydrogen-bond acceptors (Lipinski definition) is 3. The number of hydroxylamine groups is 3. The summed E-state index contributed by atoms with van der Waals surface area (Å²) >= 11 is 0. The van der Waals surface area contributed by atoms with E-state index in [9.17, 15) is 8.42 Å². The van der Waals surface area contributed by atoms with Crippen LogP contribution in [0.25, 0.3) is 0 Å². The molecule has 0 aromatic heterocycles. The Kier molecular flexibility index (Phi) is 3.01. The van der Waals surface area contributed by atoms with Gasteiger partial charge >= 0.3 is 10.1 Å². The summed E-state index contributed by atoms with van der Waals surface area (Å²) in [5, 5.41) is 0. The van der Waals surface area contributed by atoms with Crippen LogP contribution in [0.15, 0.2) is 35.2 Å². The first-order valence-corrected chi connectivity index (χ1v) is 6.79. The normalized spacial score (nSPS) is 19.8. The molecule has 1 aliphatic heterocycles. The molecule has 2 rings (SSSR count). The van der Waals surface area contributed by atoms with E-state index in [-0.39, 0.29) is 9.54 Å². The van der Waals surface area contributed by atoms with E-state index in [1.165, 1.54) is 0 Å². The molecular weight excluding hydrogens is 226 g/mol. The van der Waals surface area contributed by atoms with Crippen LogP contribution in [0, 0.1) is 0 Å². The smallest absolute Gasteiger partial charge is 0.189 e. The Balaban J connectivity index is 2.21. The first kappa shape index (κ1) is 11.6. The largest absolute Gasteiger partial charge is 0.342 e. The third kappa shape index (κ3) is 2.42. The van der Waals surface area contributed by atoms with Crippen molar-refractivity contribution in [3.63, 3.8) is 0 Å².